The largest absolute Gasteiger partial charge is 0.353 e. The van der Waals surface area contributed by atoms with Gasteiger partial charge in [-0.3, -0.25) is 4.57 Å². The Morgan fingerprint density at radius 1 is 1.25 bits per heavy atom. The molecule has 3 nitrogen and oxygen atoms in total. The molecule has 0 bridgehead atoms. The van der Waals surface area contributed by atoms with Crippen LogP contribution in [-0.4, -0.2) is 15.6 Å². The van der Waals surface area contributed by atoms with E-state index >= 15 is 0 Å². The Morgan fingerprint density at radius 3 is 2.80 bits per heavy atom. The quantitative estimate of drug-likeness (QED) is 0.908. The van der Waals surface area contributed by atoms with E-state index in [-0.39, 0.29) is 5.02 Å². The zero-order valence-electron chi connectivity index (χ0n) is 11.1. The van der Waals surface area contributed by atoms with Gasteiger partial charge in [0.05, 0.1) is 10.7 Å². The average Bonchev–Trinajstić information content (AvgIpc) is 2.91. The highest BCUT2D eigenvalue weighted by atomic mass is 35.5. The maximum Gasteiger partial charge on any atom is 0.207 e. The second-order valence-corrected chi connectivity index (χ2v) is 5.61. The van der Waals surface area contributed by atoms with Crippen LogP contribution in [0.25, 0.3) is 5.69 Å². The van der Waals surface area contributed by atoms with Crippen molar-refractivity contribution in [3.05, 3.63) is 41.4 Å². The summed E-state index contributed by atoms with van der Waals surface area (Å²) >= 11 is 5.85. The monoisotopic (exact) mass is 293 g/mol. The Hall–Kier alpha value is -1.55. The van der Waals surface area contributed by atoms with Crippen LogP contribution in [0.1, 0.15) is 32.1 Å². The number of anilines is 1. The number of nitrogens with zero attached hydrogens (tertiary/aromatic N) is 2. The third-order valence-corrected chi connectivity index (χ3v) is 4.05. The third kappa shape index (κ3) is 2.80. The number of imidazole rings is 1. The molecule has 0 unspecified atom stereocenters. The predicted octanol–water partition coefficient (Wildman–Crippen LogP) is 4.41. The van der Waals surface area contributed by atoms with Crippen LogP contribution in [0.5, 0.6) is 0 Å². The minimum atomic E-state index is -0.405. The molecule has 1 aliphatic rings. The molecule has 1 aromatic carbocycles. The molecule has 1 N–H and O–H groups in total. The number of benzene rings is 1. The normalized spacial score (nSPS) is 16.3. The molecule has 0 radical (unpaired) electrons. The van der Waals surface area contributed by atoms with Gasteiger partial charge in [-0.25, -0.2) is 9.37 Å². The van der Waals surface area contributed by atoms with Crippen LogP contribution in [0.2, 0.25) is 5.02 Å². The number of hydrogen-bond donors (Lipinski definition) is 1. The van der Waals surface area contributed by atoms with Crippen LogP contribution >= 0.6 is 11.6 Å². The van der Waals surface area contributed by atoms with Gasteiger partial charge in [0.1, 0.15) is 5.82 Å². The fraction of sp³-hybridized carbons (Fsp3) is 0.400. The molecule has 0 saturated heterocycles. The molecule has 0 amide bonds. The first-order valence-corrected chi connectivity index (χ1v) is 7.37. The molecule has 0 aliphatic heterocycles. The van der Waals surface area contributed by atoms with E-state index in [1.165, 1.54) is 38.2 Å². The highest BCUT2D eigenvalue weighted by Gasteiger charge is 2.16. The Balaban J connectivity index is 1.83. The molecule has 1 heterocycles. The van der Waals surface area contributed by atoms with Crippen LogP contribution in [0.3, 0.4) is 0 Å². The molecule has 2 aromatic rings. The van der Waals surface area contributed by atoms with E-state index in [1.54, 1.807) is 18.3 Å². The van der Waals surface area contributed by atoms with Gasteiger partial charge in [0.2, 0.25) is 5.95 Å². The molecule has 20 heavy (non-hydrogen) atoms. The van der Waals surface area contributed by atoms with Crippen LogP contribution < -0.4 is 5.32 Å². The fourth-order valence-electron chi connectivity index (χ4n) is 2.68. The van der Waals surface area contributed by atoms with Gasteiger partial charge < -0.3 is 5.32 Å². The topological polar surface area (TPSA) is 29.9 Å². The van der Waals surface area contributed by atoms with Crippen LogP contribution in [0, 0.1) is 5.82 Å². The lowest BCUT2D eigenvalue weighted by atomic mass is 9.96. The van der Waals surface area contributed by atoms with Crippen molar-refractivity contribution in [2.24, 2.45) is 0 Å². The molecule has 0 spiro atoms. The van der Waals surface area contributed by atoms with E-state index in [0.29, 0.717) is 6.04 Å². The maximum absolute atomic E-state index is 13.2. The number of nitrogens with one attached hydrogen (secondary N) is 1. The maximum atomic E-state index is 13.2. The molecule has 1 aliphatic carbocycles. The summed E-state index contributed by atoms with van der Waals surface area (Å²) in [5.41, 5.74) is 0.812. The van der Waals surface area contributed by atoms with Crippen molar-refractivity contribution < 1.29 is 4.39 Å². The zero-order valence-corrected chi connectivity index (χ0v) is 11.9. The lowest BCUT2D eigenvalue weighted by Crippen LogP contribution is -2.24. The molecular formula is C15H17ClFN3. The van der Waals surface area contributed by atoms with Gasteiger partial charge in [-0.05, 0) is 31.0 Å². The molecule has 3 rings (SSSR count). The number of rotatable bonds is 3. The summed E-state index contributed by atoms with van der Waals surface area (Å²) in [5.74, 6) is 0.386. The van der Waals surface area contributed by atoms with Gasteiger partial charge >= 0.3 is 0 Å². The van der Waals surface area contributed by atoms with Crippen molar-refractivity contribution >= 4 is 17.5 Å². The molecule has 106 valence electrons. The van der Waals surface area contributed by atoms with Crippen LogP contribution in [-0.2, 0) is 0 Å². The Bertz CT molecular complexity index is 591. The van der Waals surface area contributed by atoms with Gasteiger partial charge in [0.25, 0.3) is 0 Å². The second-order valence-electron chi connectivity index (χ2n) is 5.20. The summed E-state index contributed by atoms with van der Waals surface area (Å²) in [5, 5.41) is 3.60. The highest BCUT2D eigenvalue weighted by Crippen LogP contribution is 2.24. The average molecular weight is 294 g/mol. The number of hydrogen-bond acceptors (Lipinski definition) is 2. The molecule has 5 heteroatoms. The Labute approximate surface area is 122 Å². The van der Waals surface area contributed by atoms with Gasteiger partial charge in [-0.15, -0.1) is 0 Å². The molecule has 1 saturated carbocycles. The summed E-state index contributed by atoms with van der Waals surface area (Å²) in [6.45, 7) is 0. The molecule has 0 atom stereocenters. The van der Waals surface area contributed by atoms with Crippen LogP contribution in [0.4, 0.5) is 10.3 Å². The van der Waals surface area contributed by atoms with Gasteiger partial charge in [-0.2, -0.15) is 0 Å². The lowest BCUT2D eigenvalue weighted by Gasteiger charge is -2.23. The summed E-state index contributed by atoms with van der Waals surface area (Å²) in [4.78, 5) is 4.35. The number of halogens is 2. The summed E-state index contributed by atoms with van der Waals surface area (Å²) < 4.78 is 15.1. The second kappa shape index (κ2) is 5.83. The van der Waals surface area contributed by atoms with Crippen molar-refractivity contribution in [1.29, 1.82) is 0 Å². The van der Waals surface area contributed by atoms with Gasteiger partial charge in [0, 0.05) is 18.4 Å². The van der Waals surface area contributed by atoms with E-state index < -0.39 is 5.82 Å². The van der Waals surface area contributed by atoms with E-state index in [0.717, 1.165) is 11.6 Å². The van der Waals surface area contributed by atoms with Gasteiger partial charge in [-0.1, -0.05) is 30.9 Å². The van der Waals surface area contributed by atoms with E-state index in [2.05, 4.69) is 10.3 Å². The van der Waals surface area contributed by atoms with E-state index in [1.807, 2.05) is 10.8 Å². The summed E-state index contributed by atoms with van der Waals surface area (Å²) in [6, 6.07) is 5.17. The Kier molecular flexibility index (Phi) is 3.92. The number of aromatic nitrogens is 2. The highest BCUT2D eigenvalue weighted by molar-refractivity contribution is 6.30. The smallest absolute Gasteiger partial charge is 0.207 e. The van der Waals surface area contributed by atoms with Crippen molar-refractivity contribution in [3.63, 3.8) is 0 Å². The third-order valence-electron chi connectivity index (χ3n) is 3.76. The Morgan fingerprint density at radius 2 is 2.05 bits per heavy atom. The SMILES string of the molecule is Fc1ccc(-n2ccnc2NC2CCCCC2)cc1Cl. The van der Waals surface area contributed by atoms with Crippen LogP contribution in [0.15, 0.2) is 30.6 Å². The van der Waals surface area contributed by atoms with Crippen molar-refractivity contribution in [2.45, 2.75) is 38.1 Å². The minimum Gasteiger partial charge on any atom is -0.353 e. The van der Waals surface area contributed by atoms with Crippen molar-refractivity contribution in [1.82, 2.24) is 9.55 Å². The molecular weight excluding hydrogens is 277 g/mol. The first kappa shape index (κ1) is 13.4. The van der Waals surface area contributed by atoms with Crippen molar-refractivity contribution in [2.75, 3.05) is 5.32 Å². The summed E-state index contributed by atoms with van der Waals surface area (Å²) in [7, 11) is 0. The molecule has 1 aromatic heterocycles. The minimum absolute atomic E-state index is 0.125. The van der Waals surface area contributed by atoms with E-state index in [4.69, 9.17) is 11.6 Å². The van der Waals surface area contributed by atoms with Gasteiger partial charge in [0.15, 0.2) is 0 Å². The lowest BCUT2D eigenvalue weighted by molar-refractivity contribution is 0.460. The zero-order chi connectivity index (χ0) is 13.9. The first-order chi connectivity index (χ1) is 9.74. The van der Waals surface area contributed by atoms with E-state index in [9.17, 15) is 4.39 Å². The predicted molar refractivity (Wildman–Crippen MR) is 79.0 cm³/mol. The summed E-state index contributed by atoms with van der Waals surface area (Å²) in [6.07, 6.45) is 9.80. The standard InChI is InChI=1S/C15H17ClFN3/c16-13-10-12(6-7-14(13)17)20-9-8-18-15(20)19-11-4-2-1-3-5-11/h6-11H,1-5H2,(H,18,19). The fourth-order valence-corrected chi connectivity index (χ4v) is 2.86. The molecule has 1 fully saturated rings. The first-order valence-electron chi connectivity index (χ1n) is 6.99. The van der Waals surface area contributed by atoms with Crippen molar-refractivity contribution in [3.8, 4) is 5.69 Å².